The van der Waals surface area contributed by atoms with E-state index in [4.69, 9.17) is 0 Å². The molecular formula is C14H21N. The summed E-state index contributed by atoms with van der Waals surface area (Å²) in [6.45, 7) is 7.82. The third-order valence-corrected chi connectivity index (χ3v) is 3.44. The minimum atomic E-state index is 0.638. The van der Waals surface area contributed by atoms with Crippen molar-refractivity contribution in [1.29, 1.82) is 0 Å². The van der Waals surface area contributed by atoms with Crippen LogP contribution in [0.5, 0.6) is 0 Å². The maximum Gasteiger partial charge on any atom is 0.0211 e. The van der Waals surface area contributed by atoms with Crippen LogP contribution in [0.25, 0.3) is 0 Å². The van der Waals surface area contributed by atoms with Gasteiger partial charge in [0.15, 0.2) is 0 Å². The van der Waals surface area contributed by atoms with Gasteiger partial charge >= 0.3 is 0 Å². The highest BCUT2D eigenvalue weighted by Gasteiger charge is 2.16. The SMILES string of the molecule is CCC1Cc2ccc(C(C)C)cc2CN1. The van der Waals surface area contributed by atoms with E-state index in [9.17, 15) is 0 Å². The molecule has 1 atom stereocenters. The number of hydrogen-bond donors (Lipinski definition) is 1. The van der Waals surface area contributed by atoms with Crippen LogP contribution in [0.3, 0.4) is 0 Å². The lowest BCUT2D eigenvalue weighted by Gasteiger charge is -2.26. The van der Waals surface area contributed by atoms with Crippen LogP contribution in [0, 0.1) is 0 Å². The standard InChI is InChI=1S/C14H21N/c1-4-14-8-12-6-5-11(10(2)3)7-13(12)9-15-14/h5-7,10,14-15H,4,8-9H2,1-3H3. The molecule has 1 unspecified atom stereocenters. The summed E-state index contributed by atoms with van der Waals surface area (Å²) in [6.07, 6.45) is 2.43. The van der Waals surface area contributed by atoms with Crippen LogP contribution in [-0.4, -0.2) is 6.04 Å². The molecule has 0 fully saturated rings. The van der Waals surface area contributed by atoms with Crippen molar-refractivity contribution in [2.75, 3.05) is 0 Å². The van der Waals surface area contributed by atoms with Crippen molar-refractivity contribution in [1.82, 2.24) is 5.32 Å². The Morgan fingerprint density at radius 2 is 2.13 bits per heavy atom. The van der Waals surface area contributed by atoms with Crippen LogP contribution < -0.4 is 5.32 Å². The average molecular weight is 203 g/mol. The molecule has 0 spiro atoms. The molecule has 1 heteroatoms. The Bertz CT molecular complexity index is 341. The molecule has 0 aliphatic carbocycles. The minimum Gasteiger partial charge on any atom is -0.310 e. The van der Waals surface area contributed by atoms with E-state index >= 15 is 0 Å². The molecular weight excluding hydrogens is 182 g/mol. The highest BCUT2D eigenvalue weighted by Crippen LogP contribution is 2.23. The fourth-order valence-corrected chi connectivity index (χ4v) is 2.25. The van der Waals surface area contributed by atoms with Gasteiger partial charge in [0.1, 0.15) is 0 Å². The summed E-state index contributed by atoms with van der Waals surface area (Å²) in [5.41, 5.74) is 4.52. The van der Waals surface area contributed by atoms with Gasteiger partial charge in [-0.25, -0.2) is 0 Å². The first-order valence-corrected chi connectivity index (χ1v) is 6.05. The van der Waals surface area contributed by atoms with Gasteiger partial charge in [0.05, 0.1) is 0 Å². The molecule has 1 N–H and O–H groups in total. The predicted octanol–water partition coefficient (Wildman–Crippen LogP) is 3.23. The van der Waals surface area contributed by atoms with Gasteiger partial charge < -0.3 is 5.32 Å². The van der Waals surface area contributed by atoms with Crippen molar-refractivity contribution in [3.8, 4) is 0 Å². The summed E-state index contributed by atoms with van der Waals surface area (Å²) in [7, 11) is 0. The number of benzene rings is 1. The largest absolute Gasteiger partial charge is 0.310 e. The van der Waals surface area contributed by atoms with Gasteiger partial charge in [-0.05, 0) is 35.4 Å². The van der Waals surface area contributed by atoms with Crippen LogP contribution >= 0.6 is 0 Å². The lowest BCUT2D eigenvalue weighted by molar-refractivity contribution is 0.467. The summed E-state index contributed by atoms with van der Waals surface area (Å²) in [6, 6.07) is 7.68. The monoisotopic (exact) mass is 203 g/mol. The second-order valence-electron chi connectivity index (χ2n) is 4.87. The van der Waals surface area contributed by atoms with Crippen molar-refractivity contribution in [3.63, 3.8) is 0 Å². The second kappa shape index (κ2) is 4.36. The zero-order valence-corrected chi connectivity index (χ0v) is 10.0. The van der Waals surface area contributed by atoms with Gasteiger partial charge in [0.2, 0.25) is 0 Å². The zero-order chi connectivity index (χ0) is 10.8. The van der Waals surface area contributed by atoms with E-state index in [2.05, 4.69) is 44.3 Å². The molecule has 1 aromatic rings. The molecule has 0 bridgehead atoms. The maximum absolute atomic E-state index is 3.59. The zero-order valence-electron chi connectivity index (χ0n) is 10.0. The fraction of sp³-hybridized carbons (Fsp3) is 0.571. The predicted molar refractivity (Wildman–Crippen MR) is 65.2 cm³/mol. The van der Waals surface area contributed by atoms with Crippen LogP contribution in [0.15, 0.2) is 18.2 Å². The van der Waals surface area contributed by atoms with Crippen LogP contribution in [0.1, 0.15) is 49.8 Å². The Morgan fingerprint density at radius 3 is 2.80 bits per heavy atom. The quantitative estimate of drug-likeness (QED) is 0.778. The molecule has 0 radical (unpaired) electrons. The van der Waals surface area contributed by atoms with Crippen LogP contribution in [0.2, 0.25) is 0 Å². The van der Waals surface area contributed by atoms with E-state index in [0.29, 0.717) is 12.0 Å². The molecule has 1 aliphatic heterocycles. The fourth-order valence-electron chi connectivity index (χ4n) is 2.25. The molecule has 2 rings (SSSR count). The first-order valence-electron chi connectivity index (χ1n) is 6.05. The van der Waals surface area contributed by atoms with E-state index in [-0.39, 0.29) is 0 Å². The molecule has 1 heterocycles. The summed E-state index contributed by atoms with van der Waals surface area (Å²) < 4.78 is 0. The van der Waals surface area contributed by atoms with E-state index in [1.54, 1.807) is 5.56 Å². The Hall–Kier alpha value is -0.820. The lowest BCUT2D eigenvalue weighted by Crippen LogP contribution is -2.34. The van der Waals surface area contributed by atoms with E-state index in [0.717, 1.165) is 6.54 Å². The molecule has 1 aromatic carbocycles. The van der Waals surface area contributed by atoms with Crippen molar-refractivity contribution in [2.24, 2.45) is 0 Å². The summed E-state index contributed by atoms with van der Waals surface area (Å²) in [5, 5.41) is 3.59. The van der Waals surface area contributed by atoms with Gasteiger partial charge in [0, 0.05) is 12.6 Å². The first kappa shape index (κ1) is 10.7. The molecule has 15 heavy (non-hydrogen) atoms. The Morgan fingerprint density at radius 1 is 1.33 bits per heavy atom. The van der Waals surface area contributed by atoms with Gasteiger partial charge in [-0.15, -0.1) is 0 Å². The topological polar surface area (TPSA) is 12.0 Å². The van der Waals surface area contributed by atoms with Crippen molar-refractivity contribution in [2.45, 2.75) is 52.1 Å². The molecule has 82 valence electrons. The maximum atomic E-state index is 3.59. The number of rotatable bonds is 2. The summed E-state index contributed by atoms with van der Waals surface area (Å²) in [4.78, 5) is 0. The van der Waals surface area contributed by atoms with Gasteiger partial charge in [-0.3, -0.25) is 0 Å². The van der Waals surface area contributed by atoms with Crippen LogP contribution in [-0.2, 0) is 13.0 Å². The normalized spacial score (nSPS) is 20.4. The van der Waals surface area contributed by atoms with Crippen molar-refractivity contribution in [3.05, 3.63) is 34.9 Å². The van der Waals surface area contributed by atoms with Gasteiger partial charge in [-0.1, -0.05) is 39.0 Å². The Labute approximate surface area is 92.9 Å². The van der Waals surface area contributed by atoms with Gasteiger partial charge in [0.25, 0.3) is 0 Å². The molecule has 0 saturated heterocycles. The van der Waals surface area contributed by atoms with Gasteiger partial charge in [-0.2, -0.15) is 0 Å². The molecule has 0 amide bonds. The summed E-state index contributed by atoms with van der Waals surface area (Å²) >= 11 is 0. The summed E-state index contributed by atoms with van der Waals surface area (Å²) in [5.74, 6) is 0.638. The van der Waals surface area contributed by atoms with Crippen LogP contribution in [0.4, 0.5) is 0 Å². The van der Waals surface area contributed by atoms with Crippen molar-refractivity contribution >= 4 is 0 Å². The van der Waals surface area contributed by atoms with E-state index in [1.165, 1.54) is 24.0 Å². The van der Waals surface area contributed by atoms with Crippen molar-refractivity contribution < 1.29 is 0 Å². The Balaban J connectivity index is 2.24. The second-order valence-corrected chi connectivity index (χ2v) is 4.87. The third-order valence-electron chi connectivity index (χ3n) is 3.44. The smallest absolute Gasteiger partial charge is 0.0211 e. The highest BCUT2D eigenvalue weighted by molar-refractivity contribution is 5.35. The average Bonchev–Trinajstić information content (AvgIpc) is 2.27. The molecule has 1 aliphatic rings. The van der Waals surface area contributed by atoms with E-state index in [1.807, 2.05) is 0 Å². The number of hydrogen-bond acceptors (Lipinski definition) is 1. The number of nitrogens with one attached hydrogen (secondary N) is 1. The number of fused-ring (bicyclic) bond motifs is 1. The molecule has 0 aromatic heterocycles. The highest BCUT2D eigenvalue weighted by atomic mass is 14.9. The molecule has 0 saturated carbocycles. The van der Waals surface area contributed by atoms with E-state index < -0.39 is 0 Å². The first-order chi connectivity index (χ1) is 7.20. The lowest BCUT2D eigenvalue weighted by atomic mass is 9.91. The Kier molecular flexibility index (Phi) is 3.11. The minimum absolute atomic E-state index is 0.638. The molecule has 1 nitrogen and oxygen atoms in total. The third kappa shape index (κ3) is 2.23.